The van der Waals surface area contributed by atoms with E-state index in [-0.39, 0.29) is 11.7 Å². The van der Waals surface area contributed by atoms with Crippen LogP contribution in [0.25, 0.3) is 22.2 Å². The summed E-state index contributed by atoms with van der Waals surface area (Å²) in [5.74, 6) is -0.140. The molecule has 2 N–H and O–H groups in total. The van der Waals surface area contributed by atoms with Gasteiger partial charge in [0.15, 0.2) is 5.65 Å². The minimum atomic E-state index is -0.464. The zero-order valence-electron chi connectivity index (χ0n) is 16.8. The second-order valence-electron chi connectivity index (χ2n) is 7.34. The van der Waals surface area contributed by atoms with Crippen LogP contribution in [0.5, 0.6) is 0 Å². The first kappa shape index (κ1) is 18.9. The molecule has 0 bridgehead atoms. The third-order valence-electron chi connectivity index (χ3n) is 5.14. The van der Waals surface area contributed by atoms with Crippen LogP contribution in [0.3, 0.4) is 0 Å². The summed E-state index contributed by atoms with van der Waals surface area (Å²) in [6.45, 7) is 6.37. The van der Waals surface area contributed by atoms with E-state index in [0.717, 1.165) is 17.5 Å². The number of nitrogens with two attached hydrogens (primary N) is 1. The maximum atomic E-state index is 12.9. The van der Waals surface area contributed by atoms with Gasteiger partial charge >= 0.3 is 5.97 Å². The Morgan fingerprint density at radius 2 is 1.76 bits per heavy atom. The molecule has 6 heteroatoms. The quantitative estimate of drug-likeness (QED) is 0.510. The van der Waals surface area contributed by atoms with Gasteiger partial charge in [0.1, 0.15) is 16.9 Å². The summed E-state index contributed by atoms with van der Waals surface area (Å²) < 4.78 is 7.41. The fourth-order valence-corrected chi connectivity index (χ4v) is 3.28. The Hall–Kier alpha value is -3.41. The van der Waals surface area contributed by atoms with E-state index in [0.29, 0.717) is 29.0 Å². The molecule has 148 valence electrons. The number of para-hydroxylation sites is 2. The van der Waals surface area contributed by atoms with Crippen LogP contribution in [0.1, 0.15) is 41.8 Å². The molecule has 0 amide bonds. The second kappa shape index (κ2) is 7.54. The number of aromatic nitrogens is 3. The Labute approximate surface area is 169 Å². The van der Waals surface area contributed by atoms with Crippen molar-refractivity contribution in [3.05, 3.63) is 65.2 Å². The van der Waals surface area contributed by atoms with Crippen LogP contribution in [-0.4, -0.2) is 26.6 Å². The first-order valence-electron chi connectivity index (χ1n) is 9.79. The summed E-state index contributed by atoms with van der Waals surface area (Å²) in [4.78, 5) is 22.4. The summed E-state index contributed by atoms with van der Waals surface area (Å²) in [6, 6.07) is 15.8. The fourth-order valence-electron chi connectivity index (χ4n) is 3.28. The highest BCUT2D eigenvalue weighted by molar-refractivity contribution is 6.08. The number of benzene rings is 2. The van der Waals surface area contributed by atoms with Gasteiger partial charge in [0.2, 0.25) is 0 Å². The topological polar surface area (TPSA) is 83.0 Å². The largest absolute Gasteiger partial charge is 0.459 e. The Balaban J connectivity index is 1.91. The Bertz CT molecular complexity index is 1200. The highest BCUT2D eigenvalue weighted by atomic mass is 16.5. The minimum absolute atomic E-state index is 0.203. The summed E-state index contributed by atoms with van der Waals surface area (Å²) in [5.41, 5.74) is 11.5. The molecule has 0 aliphatic carbocycles. The molecule has 2 heterocycles. The summed E-state index contributed by atoms with van der Waals surface area (Å²) >= 11 is 0. The van der Waals surface area contributed by atoms with Gasteiger partial charge < -0.3 is 15.0 Å². The lowest BCUT2D eigenvalue weighted by atomic mass is 10.1. The third kappa shape index (κ3) is 3.53. The summed E-state index contributed by atoms with van der Waals surface area (Å²) in [5, 5.41) is 0. The smallest absolute Gasteiger partial charge is 0.344 e. The summed E-state index contributed by atoms with van der Waals surface area (Å²) in [6.07, 6.45) is 0.522. The lowest BCUT2D eigenvalue weighted by molar-refractivity contribution is 0.0338. The molecule has 0 aliphatic heterocycles. The van der Waals surface area contributed by atoms with E-state index in [1.807, 2.05) is 61.7 Å². The lowest BCUT2D eigenvalue weighted by Crippen LogP contribution is -2.16. The molecule has 0 aliphatic rings. The zero-order valence-corrected chi connectivity index (χ0v) is 16.8. The van der Waals surface area contributed by atoms with Gasteiger partial charge in [0.05, 0.1) is 23.7 Å². The van der Waals surface area contributed by atoms with E-state index in [4.69, 9.17) is 20.4 Å². The SMILES string of the molecule is CC[C@H](C)OC(=O)c1c(N)n(Cc2ccc(C)cc2)c2nc3ccccc3nc12. The molecule has 0 fully saturated rings. The minimum Gasteiger partial charge on any atom is -0.459 e. The van der Waals surface area contributed by atoms with E-state index >= 15 is 0 Å². The van der Waals surface area contributed by atoms with Crippen LogP contribution < -0.4 is 5.73 Å². The van der Waals surface area contributed by atoms with Crippen LogP contribution in [0.4, 0.5) is 5.82 Å². The van der Waals surface area contributed by atoms with E-state index in [9.17, 15) is 4.79 Å². The van der Waals surface area contributed by atoms with E-state index in [2.05, 4.69) is 12.1 Å². The van der Waals surface area contributed by atoms with Crippen LogP contribution in [0.2, 0.25) is 0 Å². The van der Waals surface area contributed by atoms with Crippen molar-refractivity contribution >= 4 is 34.0 Å². The molecule has 0 unspecified atom stereocenters. The predicted octanol–water partition coefficient (Wildman–Crippen LogP) is 4.48. The summed E-state index contributed by atoms with van der Waals surface area (Å²) in [7, 11) is 0. The molecule has 1 atom stereocenters. The average Bonchev–Trinajstić information content (AvgIpc) is 2.98. The van der Waals surface area contributed by atoms with Gasteiger partial charge in [-0.3, -0.25) is 0 Å². The average molecular weight is 388 g/mol. The van der Waals surface area contributed by atoms with Gasteiger partial charge in [0, 0.05) is 0 Å². The number of carbonyl (C=O) groups excluding carboxylic acids is 1. The number of aryl methyl sites for hydroxylation is 1. The molecule has 2 aromatic heterocycles. The monoisotopic (exact) mass is 388 g/mol. The molecule has 4 rings (SSSR count). The van der Waals surface area contributed by atoms with E-state index in [1.54, 1.807) is 0 Å². The molecule has 6 nitrogen and oxygen atoms in total. The first-order valence-corrected chi connectivity index (χ1v) is 9.79. The molecule has 0 radical (unpaired) electrons. The van der Waals surface area contributed by atoms with E-state index in [1.165, 1.54) is 5.56 Å². The lowest BCUT2D eigenvalue weighted by Gasteiger charge is -2.11. The maximum Gasteiger partial charge on any atom is 0.344 e. The van der Waals surface area contributed by atoms with Crippen molar-refractivity contribution in [1.82, 2.24) is 14.5 Å². The Morgan fingerprint density at radius 3 is 2.41 bits per heavy atom. The van der Waals surface area contributed by atoms with Crippen molar-refractivity contribution < 1.29 is 9.53 Å². The molecule has 0 saturated carbocycles. The standard InChI is InChI=1S/C23H24N4O2/c1-4-15(3)29-23(28)19-20-22(26-18-8-6-5-7-17(18)25-20)27(21(19)24)13-16-11-9-14(2)10-12-16/h5-12,15H,4,13,24H2,1-3H3/t15-/m0/s1. The molecular formula is C23H24N4O2. The van der Waals surface area contributed by atoms with Gasteiger partial charge in [0.25, 0.3) is 0 Å². The van der Waals surface area contributed by atoms with Crippen molar-refractivity contribution in [2.45, 2.75) is 39.8 Å². The zero-order chi connectivity index (χ0) is 20.5. The van der Waals surface area contributed by atoms with Gasteiger partial charge in [-0.05, 0) is 38.0 Å². The van der Waals surface area contributed by atoms with Crippen molar-refractivity contribution in [3.8, 4) is 0 Å². The van der Waals surface area contributed by atoms with Crippen LogP contribution in [0.15, 0.2) is 48.5 Å². The van der Waals surface area contributed by atoms with Crippen molar-refractivity contribution in [2.24, 2.45) is 0 Å². The molecule has 0 saturated heterocycles. The van der Waals surface area contributed by atoms with Gasteiger partial charge in [-0.1, -0.05) is 48.9 Å². The molecule has 2 aromatic carbocycles. The van der Waals surface area contributed by atoms with Gasteiger partial charge in [-0.25, -0.2) is 14.8 Å². The number of nitrogens with zero attached hydrogens (tertiary/aromatic N) is 3. The number of ether oxygens (including phenoxy) is 1. The molecular weight excluding hydrogens is 364 g/mol. The van der Waals surface area contributed by atoms with Crippen LogP contribution >= 0.6 is 0 Å². The van der Waals surface area contributed by atoms with Crippen molar-refractivity contribution in [2.75, 3.05) is 5.73 Å². The number of nitrogen functional groups attached to an aromatic ring is 1. The maximum absolute atomic E-state index is 12.9. The number of hydrogen-bond donors (Lipinski definition) is 1. The number of fused-ring (bicyclic) bond motifs is 2. The predicted molar refractivity (Wildman–Crippen MR) is 115 cm³/mol. The number of rotatable bonds is 5. The fraction of sp³-hybridized carbons (Fsp3) is 0.261. The Morgan fingerprint density at radius 1 is 1.10 bits per heavy atom. The highest BCUT2D eigenvalue weighted by Gasteiger charge is 2.26. The van der Waals surface area contributed by atoms with E-state index < -0.39 is 5.97 Å². The van der Waals surface area contributed by atoms with Crippen LogP contribution in [-0.2, 0) is 11.3 Å². The number of esters is 1. The number of hydrogen-bond acceptors (Lipinski definition) is 5. The second-order valence-corrected chi connectivity index (χ2v) is 7.34. The van der Waals surface area contributed by atoms with Crippen molar-refractivity contribution in [1.29, 1.82) is 0 Å². The highest BCUT2D eigenvalue weighted by Crippen LogP contribution is 2.29. The number of anilines is 1. The molecule has 4 aromatic rings. The molecule has 29 heavy (non-hydrogen) atoms. The molecule has 0 spiro atoms. The third-order valence-corrected chi connectivity index (χ3v) is 5.14. The van der Waals surface area contributed by atoms with Crippen LogP contribution in [0, 0.1) is 6.92 Å². The number of carbonyl (C=O) groups is 1. The van der Waals surface area contributed by atoms with Crippen molar-refractivity contribution in [3.63, 3.8) is 0 Å². The van der Waals surface area contributed by atoms with Gasteiger partial charge in [-0.15, -0.1) is 0 Å². The Kier molecular flexibility index (Phi) is 4.92. The normalized spacial score (nSPS) is 12.4. The van der Waals surface area contributed by atoms with Gasteiger partial charge in [-0.2, -0.15) is 0 Å². The first-order chi connectivity index (χ1) is 14.0.